The minimum Gasteiger partial charge on any atom is -0.497 e. The summed E-state index contributed by atoms with van der Waals surface area (Å²) in [6.07, 6.45) is 0.295. The molecule has 136 valence electrons. The maximum absolute atomic E-state index is 12.3. The lowest BCUT2D eigenvalue weighted by molar-refractivity contribution is -0.117. The van der Waals surface area contributed by atoms with Gasteiger partial charge in [0, 0.05) is 24.3 Å². The van der Waals surface area contributed by atoms with Crippen molar-refractivity contribution >= 4 is 23.3 Å². The standard InChI is InChI=1S/C20H23N3O3/c1-13-4-7-17(10-14(13)2)23-12-16(11-19(23)24)22-20(25)21-15-5-8-18(26-3)9-6-15/h4-10,16H,11-12H2,1-3H3,(H2,21,22,25). The van der Waals surface area contributed by atoms with Crippen LogP contribution >= 0.6 is 0 Å². The summed E-state index contributed by atoms with van der Waals surface area (Å²) in [7, 11) is 1.59. The van der Waals surface area contributed by atoms with Crippen molar-refractivity contribution in [3.8, 4) is 5.75 Å². The Morgan fingerprint density at radius 3 is 2.50 bits per heavy atom. The van der Waals surface area contributed by atoms with Crippen LogP contribution in [0.3, 0.4) is 0 Å². The van der Waals surface area contributed by atoms with E-state index in [1.54, 1.807) is 36.3 Å². The number of hydrogen-bond donors (Lipinski definition) is 2. The monoisotopic (exact) mass is 353 g/mol. The number of anilines is 2. The molecule has 1 atom stereocenters. The number of carbonyl (C=O) groups excluding carboxylic acids is 2. The molecule has 1 saturated heterocycles. The molecule has 0 spiro atoms. The molecule has 3 rings (SSSR count). The highest BCUT2D eigenvalue weighted by Gasteiger charge is 2.31. The number of hydrogen-bond acceptors (Lipinski definition) is 3. The van der Waals surface area contributed by atoms with Crippen molar-refractivity contribution in [3.63, 3.8) is 0 Å². The van der Waals surface area contributed by atoms with Crippen LogP contribution in [0.2, 0.25) is 0 Å². The molecule has 2 aromatic rings. The number of amides is 3. The van der Waals surface area contributed by atoms with Gasteiger partial charge in [-0.25, -0.2) is 4.79 Å². The van der Waals surface area contributed by atoms with E-state index in [-0.39, 0.29) is 18.0 Å². The van der Waals surface area contributed by atoms with E-state index in [2.05, 4.69) is 10.6 Å². The Morgan fingerprint density at radius 2 is 1.85 bits per heavy atom. The van der Waals surface area contributed by atoms with Crippen LogP contribution in [0.5, 0.6) is 5.75 Å². The number of ether oxygens (including phenoxy) is 1. The zero-order chi connectivity index (χ0) is 18.7. The van der Waals surface area contributed by atoms with Gasteiger partial charge in [0.25, 0.3) is 0 Å². The van der Waals surface area contributed by atoms with Crippen LogP contribution in [0, 0.1) is 13.8 Å². The first-order valence-corrected chi connectivity index (χ1v) is 8.55. The maximum Gasteiger partial charge on any atom is 0.319 e. The highest BCUT2D eigenvalue weighted by molar-refractivity contribution is 5.97. The van der Waals surface area contributed by atoms with Gasteiger partial charge in [0.05, 0.1) is 13.2 Å². The predicted octanol–water partition coefficient (Wildman–Crippen LogP) is 3.24. The van der Waals surface area contributed by atoms with Crippen molar-refractivity contribution in [2.24, 2.45) is 0 Å². The molecule has 1 fully saturated rings. The first-order valence-electron chi connectivity index (χ1n) is 8.55. The molecule has 2 N–H and O–H groups in total. The minimum absolute atomic E-state index is 0.0167. The fraction of sp³-hybridized carbons (Fsp3) is 0.300. The maximum atomic E-state index is 12.3. The van der Waals surface area contributed by atoms with Crippen LogP contribution in [0.4, 0.5) is 16.2 Å². The topological polar surface area (TPSA) is 70.7 Å². The summed E-state index contributed by atoms with van der Waals surface area (Å²) >= 11 is 0. The Labute approximate surface area is 153 Å². The van der Waals surface area contributed by atoms with Gasteiger partial charge in [-0.3, -0.25) is 4.79 Å². The minimum atomic E-state index is -0.324. The zero-order valence-corrected chi connectivity index (χ0v) is 15.2. The fourth-order valence-electron chi connectivity index (χ4n) is 2.97. The first-order chi connectivity index (χ1) is 12.5. The highest BCUT2D eigenvalue weighted by atomic mass is 16.5. The second-order valence-electron chi connectivity index (χ2n) is 6.50. The number of aryl methyl sites for hydroxylation is 2. The average molecular weight is 353 g/mol. The van der Waals surface area contributed by atoms with Gasteiger partial charge in [0.15, 0.2) is 0 Å². The molecule has 0 saturated carbocycles. The quantitative estimate of drug-likeness (QED) is 0.886. The van der Waals surface area contributed by atoms with Crippen molar-refractivity contribution in [1.29, 1.82) is 0 Å². The van der Waals surface area contributed by atoms with Gasteiger partial charge in [-0.2, -0.15) is 0 Å². The fourth-order valence-corrected chi connectivity index (χ4v) is 2.97. The second-order valence-corrected chi connectivity index (χ2v) is 6.50. The number of urea groups is 1. The molecule has 3 amide bonds. The van der Waals surface area contributed by atoms with Crippen molar-refractivity contribution in [2.75, 3.05) is 23.9 Å². The number of nitrogens with one attached hydrogen (secondary N) is 2. The van der Waals surface area contributed by atoms with Crippen LogP contribution in [0.1, 0.15) is 17.5 Å². The van der Waals surface area contributed by atoms with Gasteiger partial charge in [-0.1, -0.05) is 6.07 Å². The third kappa shape index (κ3) is 3.96. The zero-order valence-electron chi connectivity index (χ0n) is 15.2. The SMILES string of the molecule is COc1ccc(NC(=O)NC2CC(=O)N(c3ccc(C)c(C)c3)C2)cc1. The van der Waals surface area contributed by atoms with Gasteiger partial charge in [0.1, 0.15) is 5.75 Å². The van der Waals surface area contributed by atoms with Crippen LogP contribution in [-0.4, -0.2) is 31.6 Å². The second kappa shape index (κ2) is 7.47. The van der Waals surface area contributed by atoms with Gasteiger partial charge >= 0.3 is 6.03 Å². The summed E-state index contributed by atoms with van der Waals surface area (Å²) in [4.78, 5) is 26.2. The van der Waals surface area contributed by atoms with Crippen LogP contribution in [0.25, 0.3) is 0 Å². The molecule has 1 heterocycles. The van der Waals surface area contributed by atoms with Crippen LogP contribution < -0.4 is 20.3 Å². The number of carbonyl (C=O) groups is 2. The van der Waals surface area contributed by atoms with E-state index in [0.717, 1.165) is 17.0 Å². The Morgan fingerprint density at radius 1 is 1.12 bits per heavy atom. The average Bonchev–Trinajstić information content (AvgIpc) is 2.98. The molecule has 26 heavy (non-hydrogen) atoms. The molecule has 1 aliphatic heterocycles. The molecule has 2 aromatic carbocycles. The van der Waals surface area contributed by atoms with E-state index >= 15 is 0 Å². The van der Waals surface area contributed by atoms with E-state index in [0.29, 0.717) is 18.7 Å². The van der Waals surface area contributed by atoms with E-state index in [1.807, 2.05) is 32.0 Å². The van der Waals surface area contributed by atoms with Crippen molar-refractivity contribution in [3.05, 3.63) is 53.6 Å². The molecule has 1 unspecified atom stereocenters. The number of benzene rings is 2. The number of methoxy groups -OCH3 is 1. The van der Waals surface area contributed by atoms with Crippen molar-refractivity contribution < 1.29 is 14.3 Å². The summed E-state index contributed by atoms with van der Waals surface area (Å²) in [6.45, 7) is 4.54. The van der Waals surface area contributed by atoms with Crippen molar-refractivity contribution in [2.45, 2.75) is 26.3 Å². The highest BCUT2D eigenvalue weighted by Crippen LogP contribution is 2.24. The Kier molecular flexibility index (Phi) is 5.11. The van der Waals surface area contributed by atoms with E-state index < -0.39 is 0 Å². The Balaban J connectivity index is 1.59. The van der Waals surface area contributed by atoms with Gasteiger partial charge in [-0.05, 0) is 61.4 Å². The molecule has 6 nitrogen and oxygen atoms in total. The van der Waals surface area contributed by atoms with Gasteiger partial charge in [-0.15, -0.1) is 0 Å². The Bertz CT molecular complexity index is 818. The lowest BCUT2D eigenvalue weighted by Gasteiger charge is -2.18. The number of nitrogens with zero attached hydrogens (tertiary/aromatic N) is 1. The molecule has 6 heteroatoms. The van der Waals surface area contributed by atoms with E-state index in [1.165, 1.54) is 5.56 Å². The molecule has 0 aromatic heterocycles. The lowest BCUT2D eigenvalue weighted by atomic mass is 10.1. The summed E-state index contributed by atoms with van der Waals surface area (Å²) in [5, 5.41) is 5.64. The lowest BCUT2D eigenvalue weighted by Crippen LogP contribution is -2.39. The molecule has 0 aliphatic carbocycles. The molecule has 1 aliphatic rings. The van der Waals surface area contributed by atoms with Gasteiger partial charge in [0.2, 0.25) is 5.91 Å². The van der Waals surface area contributed by atoms with Gasteiger partial charge < -0.3 is 20.3 Å². The van der Waals surface area contributed by atoms with Crippen molar-refractivity contribution in [1.82, 2.24) is 5.32 Å². The normalized spacial score (nSPS) is 16.5. The molecular weight excluding hydrogens is 330 g/mol. The third-order valence-corrected chi connectivity index (χ3v) is 4.61. The van der Waals surface area contributed by atoms with E-state index in [9.17, 15) is 9.59 Å². The Hall–Kier alpha value is -3.02. The number of rotatable bonds is 4. The largest absolute Gasteiger partial charge is 0.497 e. The smallest absolute Gasteiger partial charge is 0.319 e. The summed E-state index contributed by atoms with van der Waals surface area (Å²) in [6, 6.07) is 12.5. The molecule has 0 radical (unpaired) electrons. The van der Waals surface area contributed by atoms with Crippen LogP contribution in [0.15, 0.2) is 42.5 Å². The van der Waals surface area contributed by atoms with Crippen LogP contribution in [-0.2, 0) is 4.79 Å². The molecular formula is C20H23N3O3. The summed E-state index contributed by atoms with van der Waals surface area (Å²) in [5.74, 6) is 0.740. The first kappa shape index (κ1) is 17.8. The predicted molar refractivity (Wildman–Crippen MR) is 102 cm³/mol. The molecule has 0 bridgehead atoms. The summed E-state index contributed by atoms with van der Waals surface area (Å²) < 4.78 is 5.09. The van der Waals surface area contributed by atoms with E-state index in [4.69, 9.17) is 4.74 Å². The third-order valence-electron chi connectivity index (χ3n) is 4.61. The summed E-state index contributed by atoms with van der Waals surface area (Å²) in [5.41, 5.74) is 3.87.